The molecule has 0 aliphatic heterocycles. The highest BCUT2D eigenvalue weighted by Crippen LogP contribution is 2.64. The molecule has 0 aromatic carbocycles. The smallest absolute Gasteiger partial charge is 0.330 e. The van der Waals surface area contributed by atoms with Crippen LogP contribution in [0.3, 0.4) is 0 Å². The molecule has 2 aliphatic rings. The zero-order valence-corrected chi connectivity index (χ0v) is 19.0. The standard InChI is InChI=1S/C23H40BFNO2/c1-8-10-17(2)16-26(7)12-9-11-23-15-18(23)13-19(14-20(23)25)24-28-22(5,6)21(3,4)27/h13-14,17-18,27H,8-12,15-16H2,1-7H3/t17-,18-,23+/m0/s1. The van der Waals surface area contributed by atoms with Crippen LogP contribution >= 0.6 is 0 Å². The van der Waals surface area contributed by atoms with E-state index in [2.05, 4.69) is 31.9 Å². The van der Waals surface area contributed by atoms with Crippen molar-refractivity contribution >= 4 is 7.48 Å². The predicted octanol–water partition coefficient (Wildman–Crippen LogP) is 5.08. The number of fused-ring (bicyclic) bond motifs is 1. The maximum absolute atomic E-state index is 14.9. The number of rotatable bonds is 12. The fraction of sp³-hybridized carbons (Fsp3) is 0.826. The van der Waals surface area contributed by atoms with Gasteiger partial charge in [-0.15, -0.1) is 0 Å². The number of nitrogens with zero attached hydrogens (tertiary/aromatic N) is 1. The number of hydrogen-bond acceptors (Lipinski definition) is 3. The van der Waals surface area contributed by atoms with Gasteiger partial charge < -0.3 is 14.7 Å². The van der Waals surface area contributed by atoms with Crippen LogP contribution in [0, 0.1) is 17.3 Å². The van der Waals surface area contributed by atoms with Crippen molar-refractivity contribution in [1.29, 1.82) is 0 Å². The van der Waals surface area contributed by atoms with Gasteiger partial charge in [0, 0.05) is 12.0 Å². The summed E-state index contributed by atoms with van der Waals surface area (Å²) in [4.78, 5) is 2.39. The molecule has 0 aromatic heterocycles. The van der Waals surface area contributed by atoms with Gasteiger partial charge >= 0.3 is 7.48 Å². The van der Waals surface area contributed by atoms with Crippen molar-refractivity contribution in [3.8, 4) is 0 Å². The highest BCUT2D eigenvalue weighted by Gasteiger charge is 2.57. The largest absolute Gasteiger partial charge is 0.427 e. The predicted molar refractivity (Wildman–Crippen MR) is 116 cm³/mol. The number of hydrogen-bond donors (Lipinski definition) is 1. The van der Waals surface area contributed by atoms with Crippen molar-refractivity contribution in [1.82, 2.24) is 4.90 Å². The molecule has 28 heavy (non-hydrogen) atoms. The van der Waals surface area contributed by atoms with Gasteiger partial charge in [-0.3, -0.25) is 0 Å². The molecule has 3 atom stereocenters. The fourth-order valence-electron chi connectivity index (χ4n) is 4.11. The summed E-state index contributed by atoms with van der Waals surface area (Å²) in [6, 6.07) is 0. The van der Waals surface area contributed by atoms with Crippen molar-refractivity contribution in [2.45, 2.75) is 84.8 Å². The Morgan fingerprint density at radius 3 is 2.64 bits per heavy atom. The molecule has 1 N–H and O–H groups in total. The lowest BCUT2D eigenvalue weighted by molar-refractivity contribution is -0.0896. The first-order chi connectivity index (χ1) is 12.9. The molecule has 0 amide bonds. The first kappa shape index (κ1) is 23.6. The third-order valence-corrected chi connectivity index (χ3v) is 6.83. The van der Waals surface area contributed by atoms with Gasteiger partial charge in [0.05, 0.1) is 11.2 Å². The second-order valence-corrected chi connectivity index (χ2v) is 10.2. The summed E-state index contributed by atoms with van der Waals surface area (Å²) in [5.74, 6) is 1.00. The summed E-state index contributed by atoms with van der Waals surface area (Å²) in [7, 11) is 3.78. The van der Waals surface area contributed by atoms with Crippen molar-refractivity contribution in [2.24, 2.45) is 17.3 Å². The monoisotopic (exact) mass is 392 g/mol. The van der Waals surface area contributed by atoms with Gasteiger partial charge in [-0.05, 0) is 84.9 Å². The van der Waals surface area contributed by atoms with E-state index in [1.54, 1.807) is 27.4 Å². The van der Waals surface area contributed by atoms with Gasteiger partial charge in [-0.2, -0.15) is 0 Å². The first-order valence-electron chi connectivity index (χ1n) is 10.9. The van der Waals surface area contributed by atoms with Crippen molar-refractivity contribution in [3.05, 3.63) is 23.5 Å². The van der Waals surface area contributed by atoms with Crippen LogP contribution in [0.1, 0.15) is 73.6 Å². The fourth-order valence-corrected chi connectivity index (χ4v) is 4.11. The number of aliphatic hydroxyl groups is 1. The molecule has 5 heteroatoms. The normalized spacial score (nSPS) is 25.9. The average Bonchev–Trinajstić information content (AvgIpc) is 3.27. The summed E-state index contributed by atoms with van der Waals surface area (Å²) >= 11 is 0. The zero-order valence-electron chi connectivity index (χ0n) is 19.0. The van der Waals surface area contributed by atoms with Gasteiger partial charge in [-0.25, -0.2) is 4.39 Å². The van der Waals surface area contributed by atoms with Crippen LogP contribution in [0.2, 0.25) is 0 Å². The summed E-state index contributed by atoms with van der Waals surface area (Å²) in [6.07, 6.45) is 9.10. The lowest BCUT2D eigenvalue weighted by atomic mass is 9.77. The minimum Gasteiger partial charge on any atom is -0.427 e. The number of allylic oxidation sites excluding steroid dienone is 4. The second kappa shape index (κ2) is 9.01. The van der Waals surface area contributed by atoms with Gasteiger partial charge in [0.1, 0.15) is 5.83 Å². The lowest BCUT2D eigenvalue weighted by Gasteiger charge is -2.37. The minimum absolute atomic E-state index is 0.00193. The molecular formula is C23H40BFNO2. The average molecular weight is 392 g/mol. The van der Waals surface area contributed by atoms with E-state index in [9.17, 15) is 9.50 Å². The van der Waals surface area contributed by atoms with Crippen molar-refractivity contribution in [2.75, 3.05) is 20.1 Å². The Morgan fingerprint density at radius 2 is 2.07 bits per heavy atom. The maximum Gasteiger partial charge on any atom is 0.330 e. The van der Waals surface area contributed by atoms with Gasteiger partial charge in [0.25, 0.3) is 0 Å². The summed E-state index contributed by atoms with van der Waals surface area (Å²) in [5, 5.41) is 10.2. The quantitative estimate of drug-likeness (QED) is 0.471. The maximum atomic E-state index is 14.9. The SMILES string of the molecule is CCC[C@H](C)CN(C)CCC[C@@]12C[C@@H]1C=C([B]OC(C)(C)C(C)(C)O)C=C2F. The van der Waals surface area contributed by atoms with Gasteiger partial charge in [0.15, 0.2) is 0 Å². The Kier molecular flexibility index (Phi) is 7.61. The lowest BCUT2D eigenvalue weighted by Crippen LogP contribution is -2.48. The third kappa shape index (κ3) is 5.70. The van der Waals surface area contributed by atoms with Gasteiger partial charge in [-0.1, -0.05) is 31.8 Å². The van der Waals surface area contributed by atoms with Crippen LogP contribution < -0.4 is 0 Å². The summed E-state index contributed by atoms with van der Waals surface area (Å²) in [6.45, 7) is 13.8. The molecule has 2 aliphatic carbocycles. The Balaban J connectivity index is 1.81. The van der Waals surface area contributed by atoms with Crippen molar-refractivity contribution < 1.29 is 14.2 Å². The molecule has 0 aromatic rings. The van der Waals surface area contributed by atoms with Crippen LogP contribution in [0.25, 0.3) is 0 Å². The molecule has 2 rings (SSSR count). The van der Waals surface area contributed by atoms with E-state index in [1.165, 1.54) is 12.8 Å². The Hall–Kier alpha value is -0.645. The van der Waals surface area contributed by atoms with Crippen LogP contribution in [0.4, 0.5) is 4.39 Å². The Bertz CT molecular complexity index is 596. The molecule has 0 bridgehead atoms. The van der Waals surface area contributed by atoms with E-state index in [1.807, 2.05) is 13.8 Å². The molecule has 0 unspecified atom stereocenters. The third-order valence-electron chi connectivity index (χ3n) is 6.83. The van der Waals surface area contributed by atoms with E-state index in [-0.39, 0.29) is 17.2 Å². The number of halogens is 1. The topological polar surface area (TPSA) is 32.7 Å². The molecule has 0 saturated heterocycles. The van der Waals surface area contributed by atoms with Crippen molar-refractivity contribution in [3.63, 3.8) is 0 Å². The molecule has 0 spiro atoms. The highest BCUT2D eigenvalue weighted by molar-refractivity contribution is 6.39. The summed E-state index contributed by atoms with van der Waals surface area (Å²) < 4.78 is 20.7. The Labute approximate surface area is 172 Å². The van der Waals surface area contributed by atoms with E-state index in [4.69, 9.17) is 4.65 Å². The van der Waals surface area contributed by atoms with Crippen LogP contribution in [-0.2, 0) is 4.65 Å². The Morgan fingerprint density at radius 1 is 1.39 bits per heavy atom. The highest BCUT2D eigenvalue weighted by atomic mass is 19.1. The van der Waals surface area contributed by atoms with E-state index < -0.39 is 11.2 Å². The molecular weight excluding hydrogens is 352 g/mol. The first-order valence-corrected chi connectivity index (χ1v) is 10.9. The molecule has 1 radical (unpaired) electrons. The minimum atomic E-state index is -0.981. The molecule has 3 nitrogen and oxygen atoms in total. The van der Waals surface area contributed by atoms with Crippen LogP contribution in [-0.4, -0.2) is 48.8 Å². The molecule has 0 heterocycles. The van der Waals surface area contributed by atoms with E-state index in [0.29, 0.717) is 0 Å². The molecule has 1 saturated carbocycles. The molecule has 159 valence electrons. The van der Waals surface area contributed by atoms with Crippen LogP contribution in [0.5, 0.6) is 0 Å². The van der Waals surface area contributed by atoms with E-state index >= 15 is 0 Å². The molecule has 1 fully saturated rings. The zero-order chi connectivity index (χ0) is 21.2. The van der Waals surface area contributed by atoms with Gasteiger partial charge in [0.2, 0.25) is 0 Å². The summed E-state index contributed by atoms with van der Waals surface area (Å²) in [5.41, 5.74) is -1.21. The second-order valence-electron chi connectivity index (χ2n) is 10.2. The van der Waals surface area contributed by atoms with E-state index in [0.717, 1.165) is 43.7 Å². The van der Waals surface area contributed by atoms with Crippen LogP contribution in [0.15, 0.2) is 23.5 Å².